The number of piperazine rings is 1. The summed E-state index contributed by atoms with van der Waals surface area (Å²) >= 11 is 3.15. The maximum atomic E-state index is 13.9. The summed E-state index contributed by atoms with van der Waals surface area (Å²) in [6.45, 7) is 5.00. The van der Waals surface area contributed by atoms with Gasteiger partial charge in [0.15, 0.2) is 0 Å². The van der Waals surface area contributed by atoms with Crippen LogP contribution in [0.3, 0.4) is 0 Å². The Hall–Kier alpha value is -2.06. The van der Waals surface area contributed by atoms with E-state index < -0.39 is 5.92 Å². The molecule has 2 atom stereocenters. The zero-order valence-corrected chi connectivity index (χ0v) is 18.0. The Bertz CT molecular complexity index is 916. The fourth-order valence-corrected chi connectivity index (χ4v) is 4.59. The number of carbonyl (C=O) groups excluding carboxylic acids is 1. The lowest BCUT2D eigenvalue weighted by atomic mass is 9.97. The zero-order valence-electron chi connectivity index (χ0n) is 16.4. The first kappa shape index (κ1) is 20.2. The lowest BCUT2D eigenvalue weighted by Crippen LogP contribution is -2.51. The van der Waals surface area contributed by atoms with Gasteiger partial charge in [-0.1, -0.05) is 13.0 Å². The van der Waals surface area contributed by atoms with Gasteiger partial charge in [-0.3, -0.25) is 4.79 Å². The van der Waals surface area contributed by atoms with Crippen LogP contribution in [-0.4, -0.2) is 53.5 Å². The standard InChI is InChI=1S/C21H25BrFN5O/c1-13-2-5-18-19(13)20(26-12-25-18)27-6-8-28(9-7-27)21(29)15(11-24)14-3-4-16(22)17(23)10-14/h3-4,10,12-13,15H,2,5-9,11,24H2,1H3/t13-,15-/m1/s1. The van der Waals surface area contributed by atoms with Gasteiger partial charge < -0.3 is 15.5 Å². The highest BCUT2D eigenvalue weighted by Gasteiger charge is 2.31. The van der Waals surface area contributed by atoms with E-state index in [2.05, 4.69) is 37.7 Å². The third-order valence-electron chi connectivity index (χ3n) is 6.02. The number of amides is 1. The summed E-state index contributed by atoms with van der Waals surface area (Å²) in [5.74, 6) is 0.514. The molecule has 0 radical (unpaired) electrons. The van der Waals surface area contributed by atoms with Crippen LogP contribution in [0, 0.1) is 5.82 Å². The molecule has 1 aromatic heterocycles. The van der Waals surface area contributed by atoms with Gasteiger partial charge >= 0.3 is 0 Å². The molecule has 0 bridgehead atoms. The first-order chi connectivity index (χ1) is 14.0. The molecule has 1 aliphatic heterocycles. The topological polar surface area (TPSA) is 75.4 Å². The Morgan fingerprint density at radius 1 is 1.31 bits per heavy atom. The Kier molecular flexibility index (Phi) is 5.83. The van der Waals surface area contributed by atoms with E-state index in [9.17, 15) is 9.18 Å². The lowest BCUT2D eigenvalue weighted by Gasteiger charge is -2.37. The van der Waals surface area contributed by atoms with E-state index in [0.29, 0.717) is 42.1 Å². The van der Waals surface area contributed by atoms with Crippen LogP contribution in [0.1, 0.15) is 42.0 Å². The summed E-state index contributed by atoms with van der Waals surface area (Å²) in [4.78, 5) is 26.2. The number of carbonyl (C=O) groups is 1. The van der Waals surface area contributed by atoms with Crippen LogP contribution >= 0.6 is 15.9 Å². The SMILES string of the molecule is C[C@@H]1CCc2ncnc(N3CCN(C(=O)[C@H](CN)c4ccc(Br)c(F)c4)CC3)c21. The zero-order chi connectivity index (χ0) is 20.5. The van der Waals surface area contributed by atoms with E-state index in [0.717, 1.165) is 24.4 Å². The fourth-order valence-electron chi connectivity index (χ4n) is 4.34. The van der Waals surface area contributed by atoms with E-state index in [1.54, 1.807) is 18.5 Å². The van der Waals surface area contributed by atoms with Gasteiger partial charge in [0.25, 0.3) is 0 Å². The van der Waals surface area contributed by atoms with Crippen LogP contribution in [0.25, 0.3) is 0 Å². The van der Waals surface area contributed by atoms with Gasteiger partial charge in [0.1, 0.15) is 18.0 Å². The molecule has 0 spiro atoms. The molecule has 154 valence electrons. The first-order valence-electron chi connectivity index (χ1n) is 10.0. The maximum absolute atomic E-state index is 13.9. The third kappa shape index (κ3) is 3.88. The second-order valence-corrected chi connectivity index (χ2v) is 8.63. The molecule has 1 saturated heterocycles. The molecule has 1 aliphatic carbocycles. The summed E-state index contributed by atoms with van der Waals surface area (Å²) < 4.78 is 14.3. The minimum Gasteiger partial charge on any atom is -0.353 e. The van der Waals surface area contributed by atoms with E-state index in [1.165, 1.54) is 11.6 Å². The highest BCUT2D eigenvalue weighted by molar-refractivity contribution is 9.10. The van der Waals surface area contributed by atoms with Crippen LogP contribution in [0.15, 0.2) is 29.0 Å². The summed E-state index contributed by atoms with van der Waals surface area (Å²) in [7, 11) is 0. The molecule has 1 amide bonds. The highest BCUT2D eigenvalue weighted by Crippen LogP contribution is 2.37. The number of halogens is 2. The average molecular weight is 462 g/mol. The van der Waals surface area contributed by atoms with Gasteiger partial charge in [-0.25, -0.2) is 14.4 Å². The average Bonchev–Trinajstić information content (AvgIpc) is 3.12. The number of benzene rings is 1. The smallest absolute Gasteiger partial charge is 0.231 e. The number of hydrogen-bond donors (Lipinski definition) is 1. The Morgan fingerprint density at radius 2 is 2.07 bits per heavy atom. The van der Waals surface area contributed by atoms with Gasteiger partial charge in [0.2, 0.25) is 5.91 Å². The van der Waals surface area contributed by atoms with Gasteiger partial charge in [-0.05, 0) is 52.4 Å². The van der Waals surface area contributed by atoms with Crippen molar-refractivity contribution < 1.29 is 9.18 Å². The summed E-state index contributed by atoms with van der Waals surface area (Å²) in [6, 6.07) is 4.77. The predicted octanol–water partition coefficient (Wildman–Crippen LogP) is 2.82. The van der Waals surface area contributed by atoms with Crippen molar-refractivity contribution >= 4 is 27.7 Å². The van der Waals surface area contributed by atoms with Crippen molar-refractivity contribution in [3.63, 3.8) is 0 Å². The van der Waals surface area contributed by atoms with Gasteiger partial charge in [0, 0.05) is 44.0 Å². The normalized spacial score (nSPS) is 19.9. The minimum atomic E-state index is -0.535. The Balaban J connectivity index is 1.46. The van der Waals surface area contributed by atoms with Crippen LogP contribution in [0.4, 0.5) is 10.2 Å². The lowest BCUT2D eigenvalue weighted by molar-refractivity contribution is -0.132. The first-order valence-corrected chi connectivity index (χ1v) is 10.8. The molecule has 29 heavy (non-hydrogen) atoms. The quantitative estimate of drug-likeness (QED) is 0.757. The van der Waals surface area contributed by atoms with Gasteiger partial charge in [-0.2, -0.15) is 0 Å². The van der Waals surface area contributed by atoms with Gasteiger partial charge in [-0.15, -0.1) is 0 Å². The van der Waals surface area contributed by atoms with Crippen molar-refractivity contribution in [3.8, 4) is 0 Å². The summed E-state index contributed by atoms with van der Waals surface area (Å²) in [6.07, 6.45) is 3.77. The summed E-state index contributed by atoms with van der Waals surface area (Å²) in [5.41, 5.74) is 8.92. The van der Waals surface area contributed by atoms with E-state index >= 15 is 0 Å². The van der Waals surface area contributed by atoms with Crippen LogP contribution in [-0.2, 0) is 11.2 Å². The molecule has 6 nitrogen and oxygen atoms in total. The van der Waals surface area contributed by atoms with Crippen molar-refractivity contribution in [2.24, 2.45) is 5.73 Å². The largest absolute Gasteiger partial charge is 0.353 e. The fraction of sp³-hybridized carbons (Fsp3) is 0.476. The van der Waals surface area contributed by atoms with Crippen molar-refractivity contribution in [3.05, 3.63) is 51.6 Å². The molecule has 0 saturated carbocycles. The molecule has 2 N–H and O–H groups in total. The summed E-state index contributed by atoms with van der Waals surface area (Å²) in [5, 5.41) is 0. The van der Waals surface area contributed by atoms with Crippen LogP contribution < -0.4 is 10.6 Å². The molecule has 8 heteroatoms. The van der Waals surface area contributed by atoms with Crippen LogP contribution in [0.2, 0.25) is 0 Å². The number of nitrogens with zero attached hydrogens (tertiary/aromatic N) is 4. The second kappa shape index (κ2) is 8.36. The number of aryl methyl sites for hydroxylation is 1. The predicted molar refractivity (Wildman–Crippen MR) is 113 cm³/mol. The van der Waals surface area contributed by atoms with E-state index in [-0.39, 0.29) is 18.3 Å². The Morgan fingerprint density at radius 3 is 2.76 bits per heavy atom. The maximum Gasteiger partial charge on any atom is 0.231 e. The second-order valence-electron chi connectivity index (χ2n) is 7.77. The molecule has 4 rings (SSSR count). The van der Waals surface area contributed by atoms with Crippen molar-refractivity contribution in [1.29, 1.82) is 0 Å². The number of nitrogens with two attached hydrogens (primary N) is 1. The number of rotatable bonds is 4. The van der Waals surface area contributed by atoms with E-state index in [1.807, 2.05) is 4.90 Å². The molecule has 2 aromatic rings. The molecular formula is C21H25BrFN5O. The number of hydrogen-bond acceptors (Lipinski definition) is 5. The molecule has 1 aromatic carbocycles. The van der Waals surface area contributed by atoms with Crippen molar-refractivity contribution in [2.45, 2.75) is 31.6 Å². The van der Waals surface area contributed by atoms with Crippen molar-refractivity contribution in [1.82, 2.24) is 14.9 Å². The Labute approximate surface area is 178 Å². The molecule has 2 heterocycles. The van der Waals surface area contributed by atoms with Gasteiger partial charge in [0.05, 0.1) is 10.4 Å². The molecule has 0 unspecified atom stereocenters. The van der Waals surface area contributed by atoms with Crippen molar-refractivity contribution in [2.75, 3.05) is 37.6 Å². The highest BCUT2D eigenvalue weighted by atomic mass is 79.9. The number of aromatic nitrogens is 2. The van der Waals surface area contributed by atoms with E-state index in [4.69, 9.17) is 5.73 Å². The number of anilines is 1. The monoisotopic (exact) mass is 461 g/mol. The molecule has 2 aliphatic rings. The van der Waals surface area contributed by atoms with Crippen LogP contribution in [0.5, 0.6) is 0 Å². The minimum absolute atomic E-state index is 0.0462. The molecule has 1 fully saturated rings. The number of fused-ring (bicyclic) bond motifs is 1. The third-order valence-corrected chi connectivity index (χ3v) is 6.67. The molecular weight excluding hydrogens is 437 g/mol.